The highest BCUT2D eigenvalue weighted by atomic mass is 16.4. The third-order valence-corrected chi connectivity index (χ3v) is 3.51. The predicted octanol–water partition coefficient (Wildman–Crippen LogP) is 1.63. The molecular formula is C13H16N2O3. The van der Waals surface area contributed by atoms with Gasteiger partial charge in [0.25, 0.3) is 0 Å². The summed E-state index contributed by atoms with van der Waals surface area (Å²) in [6, 6.07) is 4.64. The molecule has 2 amide bonds. The number of anilines is 1. The Hall–Kier alpha value is -2.04. The van der Waals surface area contributed by atoms with E-state index in [4.69, 9.17) is 5.11 Å². The van der Waals surface area contributed by atoms with Crippen LogP contribution in [0.1, 0.15) is 11.1 Å². The molecule has 1 aliphatic rings. The summed E-state index contributed by atoms with van der Waals surface area (Å²) in [5, 5.41) is 9.07. The van der Waals surface area contributed by atoms with E-state index in [2.05, 4.69) is 0 Å². The second-order valence-corrected chi connectivity index (χ2v) is 4.58. The van der Waals surface area contributed by atoms with Crippen molar-refractivity contribution in [2.45, 2.75) is 19.9 Å². The van der Waals surface area contributed by atoms with Crippen LogP contribution in [-0.2, 0) is 4.79 Å². The zero-order chi connectivity index (χ0) is 13.4. The van der Waals surface area contributed by atoms with Gasteiger partial charge >= 0.3 is 12.0 Å². The molecule has 1 saturated heterocycles. The van der Waals surface area contributed by atoms with Crippen molar-refractivity contribution in [3.05, 3.63) is 29.3 Å². The molecule has 5 heteroatoms. The topological polar surface area (TPSA) is 60.9 Å². The van der Waals surface area contributed by atoms with Gasteiger partial charge in [0, 0.05) is 12.7 Å². The van der Waals surface area contributed by atoms with Crippen LogP contribution in [0, 0.1) is 13.8 Å². The standard InChI is InChI=1S/C13H16N2O3/c1-8-5-4-6-10(9(8)2)15-7-11(12(16)17)14(3)13(15)18/h4-6,11H,7H2,1-3H3,(H,16,17). The number of aliphatic carboxylic acids is 1. The van der Waals surface area contributed by atoms with E-state index >= 15 is 0 Å². The van der Waals surface area contributed by atoms with E-state index in [1.807, 2.05) is 32.0 Å². The molecule has 0 saturated carbocycles. The first-order valence-electron chi connectivity index (χ1n) is 5.77. The first kappa shape index (κ1) is 12.4. The first-order valence-corrected chi connectivity index (χ1v) is 5.77. The number of carboxylic acid groups (broad SMARTS) is 1. The Balaban J connectivity index is 2.38. The molecule has 0 spiro atoms. The summed E-state index contributed by atoms with van der Waals surface area (Å²) < 4.78 is 0. The Morgan fingerprint density at radius 3 is 2.61 bits per heavy atom. The Morgan fingerprint density at radius 1 is 1.39 bits per heavy atom. The van der Waals surface area contributed by atoms with E-state index in [1.165, 1.54) is 16.8 Å². The molecule has 1 aliphatic heterocycles. The summed E-state index contributed by atoms with van der Waals surface area (Å²) in [4.78, 5) is 25.9. The fraction of sp³-hybridized carbons (Fsp3) is 0.385. The fourth-order valence-corrected chi connectivity index (χ4v) is 2.17. The molecular weight excluding hydrogens is 232 g/mol. The zero-order valence-electron chi connectivity index (χ0n) is 10.7. The molecule has 0 aromatic heterocycles. The van der Waals surface area contributed by atoms with E-state index < -0.39 is 12.0 Å². The van der Waals surface area contributed by atoms with E-state index in [0.29, 0.717) is 0 Å². The number of carboxylic acids is 1. The number of amides is 2. The summed E-state index contributed by atoms with van der Waals surface area (Å²) in [7, 11) is 1.52. The minimum atomic E-state index is -0.973. The molecule has 1 aromatic carbocycles. The van der Waals surface area contributed by atoms with E-state index in [9.17, 15) is 9.59 Å². The van der Waals surface area contributed by atoms with Crippen LogP contribution in [-0.4, -0.2) is 41.6 Å². The van der Waals surface area contributed by atoms with Crippen LogP contribution in [0.5, 0.6) is 0 Å². The average Bonchev–Trinajstić information content (AvgIpc) is 2.61. The van der Waals surface area contributed by atoms with Gasteiger partial charge in [-0.3, -0.25) is 4.90 Å². The van der Waals surface area contributed by atoms with Gasteiger partial charge in [0.15, 0.2) is 0 Å². The highest BCUT2D eigenvalue weighted by molar-refractivity contribution is 5.99. The van der Waals surface area contributed by atoms with Crippen molar-refractivity contribution in [2.24, 2.45) is 0 Å². The van der Waals surface area contributed by atoms with Gasteiger partial charge in [-0.25, -0.2) is 9.59 Å². The maximum Gasteiger partial charge on any atom is 0.328 e. The van der Waals surface area contributed by atoms with Gasteiger partial charge in [0.2, 0.25) is 0 Å². The van der Waals surface area contributed by atoms with Gasteiger partial charge in [-0.2, -0.15) is 0 Å². The number of aryl methyl sites for hydroxylation is 1. The normalized spacial score (nSPS) is 19.5. The maximum absolute atomic E-state index is 12.1. The number of hydrogen-bond donors (Lipinski definition) is 1. The molecule has 18 heavy (non-hydrogen) atoms. The minimum Gasteiger partial charge on any atom is -0.480 e. The lowest BCUT2D eigenvalue weighted by atomic mass is 10.1. The quantitative estimate of drug-likeness (QED) is 0.865. The predicted molar refractivity (Wildman–Crippen MR) is 67.8 cm³/mol. The highest BCUT2D eigenvalue weighted by Crippen LogP contribution is 2.27. The summed E-state index contributed by atoms with van der Waals surface area (Å²) in [6.45, 7) is 4.10. The van der Waals surface area contributed by atoms with Gasteiger partial charge in [0.1, 0.15) is 6.04 Å². The molecule has 2 rings (SSSR count). The molecule has 1 heterocycles. The number of carbonyl (C=O) groups is 2. The lowest BCUT2D eigenvalue weighted by Gasteiger charge is -2.19. The van der Waals surface area contributed by atoms with Crippen LogP contribution in [0.4, 0.5) is 10.5 Å². The van der Waals surface area contributed by atoms with Crippen LogP contribution in [0.2, 0.25) is 0 Å². The van der Waals surface area contributed by atoms with Gasteiger partial charge in [-0.15, -0.1) is 0 Å². The van der Waals surface area contributed by atoms with Crippen LogP contribution in [0.25, 0.3) is 0 Å². The molecule has 0 bridgehead atoms. The van der Waals surface area contributed by atoms with Crippen LogP contribution >= 0.6 is 0 Å². The summed E-state index contributed by atoms with van der Waals surface area (Å²) in [5.74, 6) is -0.973. The Kier molecular flexibility index (Phi) is 2.98. The van der Waals surface area contributed by atoms with Crippen LogP contribution in [0.15, 0.2) is 18.2 Å². The van der Waals surface area contributed by atoms with Gasteiger partial charge in [0.05, 0.1) is 6.54 Å². The first-order chi connectivity index (χ1) is 8.43. The Labute approximate surface area is 106 Å². The summed E-state index contributed by atoms with van der Waals surface area (Å²) in [6.07, 6.45) is 0. The highest BCUT2D eigenvalue weighted by Gasteiger charge is 2.40. The molecule has 96 valence electrons. The zero-order valence-corrected chi connectivity index (χ0v) is 10.7. The third kappa shape index (κ3) is 1.81. The maximum atomic E-state index is 12.1. The van der Waals surface area contributed by atoms with E-state index in [-0.39, 0.29) is 12.6 Å². The van der Waals surface area contributed by atoms with Crippen molar-refractivity contribution < 1.29 is 14.7 Å². The molecule has 5 nitrogen and oxygen atoms in total. The second kappa shape index (κ2) is 4.33. The molecule has 1 N–H and O–H groups in total. The third-order valence-electron chi connectivity index (χ3n) is 3.51. The number of benzene rings is 1. The number of hydrogen-bond acceptors (Lipinski definition) is 2. The lowest BCUT2D eigenvalue weighted by Crippen LogP contribution is -2.36. The van der Waals surface area contributed by atoms with Crippen molar-refractivity contribution in [3.8, 4) is 0 Å². The number of rotatable bonds is 2. The average molecular weight is 248 g/mol. The second-order valence-electron chi connectivity index (χ2n) is 4.58. The molecule has 1 atom stereocenters. The number of nitrogens with zero attached hydrogens (tertiary/aromatic N) is 2. The number of carbonyl (C=O) groups excluding carboxylic acids is 1. The van der Waals surface area contributed by atoms with E-state index in [1.54, 1.807) is 0 Å². The van der Waals surface area contributed by atoms with Crippen molar-refractivity contribution in [1.29, 1.82) is 0 Å². The van der Waals surface area contributed by atoms with Crippen molar-refractivity contribution in [2.75, 3.05) is 18.5 Å². The fourth-order valence-electron chi connectivity index (χ4n) is 2.17. The van der Waals surface area contributed by atoms with Gasteiger partial charge in [-0.05, 0) is 31.0 Å². The summed E-state index contributed by atoms with van der Waals surface area (Å²) >= 11 is 0. The molecule has 0 aliphatic carbocycles. The molecule has 1 aromatic rings. The molecule has 1 unspecified atom stereocenters. The van der Waals surface area contributed by atoms with Crippen molar-refractivity contribution in [1.82, 2.24) is 4.90 Å². The largest absolute Gasteiger partial charge is 0.480 e. The summed E-state index contributed by atoms with van der Waals surface area (Å²) in [5.41, 5.74) is 2.88. The minimum absolute atomic E-state index is 0.189. The van der Waals surface area contributed by atoms with Gasteiger partial charge < -0.3 is 10.0 Å². The molecule has 0 radical (unpaired) electrons. The SMILES string of the molecule is Cc1cccc(N2CC(C(=O)O)N(C)C2=O)c1C. The van der Waals surface area contributed by atoms with Crippen molar-refractivity contribution in [3.63, 3.8) is 0 Å². The van der Waals surface area contributed by atoms with E-state index in [0.717, 1.165) is 16.8 Å². The van der Waals surface area contributed by atoms with Gasteiger partial charge in [-0.1, -0.05) is 12.1 Å². The van der Waals surface area contributed by atoms with Crippen LogP contribution < -0.4 is 4.90 Å². The lowest BCUT2D eigenvalue weighted by molar-refractivity contribution is -0.140. The van der Waals surface area contributed by atoms with Crippen molar-refractivity contribution >= 4 is 17.7 Å². The van der Waals surface area contributed by atoms with Crippen LogP contribution in [0.3, 0.4) is 0 Å². The Morgan fingerprint density at radius 2 is 2.06 bits per heavy atom. The molecule has 1 fully saturated rings. The Bertz CT molecular complexity index is 513. The monoisotopic (exact) mass is 248 g/mol. The number of likely N-dealkylation sites (N-methyl/N-ethyl adjacent to an activating group) is 1. The smallest absolute Gasteiger partial charge is 0.328 e. The number of urea groups is 1.